The minimum atomic E-state index is 0. The van der Waals surface area contributed by atoms with Gasteiger partial charge >= 0.3 is 0 Å². The van der Waals surface area contributed by atoms with Crippen LogP contribution in [0.15, 0.2) is 59.1 Å². The Balaban J connectivity index is 0.00000144. The fourth-order valence-electron chi connectivity index (χ4n) is 1.49. The molecule has 0 fully saturated rings. The minimum absolute atomic E-state index is 0. The van der Waals surface area contributed by atoms with Gasteiger partial charge in [-0.1, -0.05) is 52.3 Å². The highest BCUT2D eigenvalue weighted by molar-refractivity contribution is 9.10. The summed E-state index contributed by atoms with van der Waals surface area (Å²) in [6, 6.07) is 18.3. The lowest BCUT2D eigenvalue weighted by molar-refractivity contribution is 0.322. The van der Waals surface area contributed by atoms with Crippen LogP contribution in [0.5, 0.6) is 5.75 Å². The smallest absolute Gasteiger partial charge is 0.120 e. The zero-order chi connectivity index (χ0) is 11.2. The van der Waals surface area contributed by atoms with Gasteiger partial charge in [-0.15, -0.1) is 17.0 Å². The summed E-state index contributed by atoms with van der Waals surface area (Å²) >= 11 is 3.42. The Morgan fingerprint density at radius 2 is 1.71 bits per heavy atom. The summed E-state index contributed by atoms with van der Waals surface area (Å²) in [6.07, 6.45) is 0.938. The van der Waals surface area contributed by atoms with Crippen molar-refractivity contribution in [2.75, 3.05) is 6.61 Å². The summed E-state index contributed by atoms with van der Waals surface area (Å²) in [4.78, 5) is 0. The molecule has 0 N–H and O–H groups in total. The molecule has 0 unspecified atom stereocenters. The monoisotopic (exact) mass is 356 g/mol. The van der Waals surface area contributed by atoms with Crippen LogP contribution in [0.4, 0.5) is 0 Å². The average molecular weight is 358 g/mol. The molecular weight excluding hydrogens is 344 g/mol. The second-order valence-electron chi connectivity index (χ2n) is 3.54. The van der Waals surface area contributed by atoms with E-state index in [1.807, 2.05) is 30.3 Å². The Bertz CT molecular complexity index is 443. The van der Waals surface area contributed by atoms with E-state index in [2.05, 4.69) is 40.2 Å². The SMILES string of the molecule is Br.Brc1cccc(OCCc2ccccc2)c1. The van der Waals surface area contributed by atoms with Crippen LogP contribution in [-0.2, 0) is 6.42 Å². The van der Waals surface area contributed by atoms with E-state index < -0.39 is 0 Å². The van der Waals surface area contributed by atoms with Crippen molar-refractivity contribution in [1.29, 1.82) is 0 Å². The first-order valence-electron chi connectivity index (χ1n) is 5.27. The van der Waals surface area contributed by atoms with Crippen LogP contribution in [0, 0.1) is 0 Å². The Kier molecular flexibility index (Phi) is 6.30. The van der Waals surface area contributed by atoms with Crippen molar-refractivity contribution >= 4 is 32.9 Å². The molecular formula is C14H14Br2O. The van der Waals surface area contributed by atoms with Gasteiger partial charge in [-0.3, -0.25) is 0 Å². The molecule has 0 bridgehead atoms. The first-order valence-corrected chi connectivity index (χ1v) is 6.06. The van der Waals surface area contributed by atoms with Gasteiger partial charge in [0.1, 0.15) is 5.75 Å². The lowest BCUT2D eigenvalue weighted by atomic mass is 10.2. The third-order valence-corrected chi connectivity index (χ3v) is 2.79. The summed E-state index contributed by atoms with van der Waals surface area (Å²) < 4.78 is 6.71. The highest BCUT2D eigenvalue weighted by atomic mass is 79.9. The predicted octanol–water partition coefficient (Wildman–Crippen LogP) is 4.65. The van der Waals surface area contributed by atoms with E-state index in [0.717, 1.165) is 16.6 Å². The Morgan fingerprint density at radius 1 is 0.941 bits per heavy atom. The Hall–Kier alpha value is -0.800. The van der Waals surface area contributed by atoms with Gasteiger partial charge in [-0.2, -0.15) is 0 Å². The minimum Gasteiger partial charge on any atom is -0.493 e. The Labute approximate surface area is 121 Å². The van der Waals surface area contributed by atoms with Gasteiger partial charge in [0.25, 0.3) is 0 Å². The maximum atomic E-state index is 5.66. The molecule has 17 heavy (non-hydrogen) atoms. The van der Waals surface area contributed by atoms with E-state index in [4.69, 9.17) is 4.74 Å². The quantitative estimate of drug-likeness (QED) is 0.773. The van der Waals surface area contributed by atoms with Crippen molar-refractivity contribution in [3.05, 3.63) is 64.6 Å². The lowest BCUT2D eigenvalue weighted by Crippen LogP contribution is -2.00. The number of halogens is 2. The van der Waals surface area contributed by atoms with E-state index in [0.29, 0.717) is 6.61 Å². The average Bonchev–Trinajstić information content (AvgIpc) is 2.30. The van der Waals surface area contributed by atoms with Crippen molar-refractivity contribution in [2.24, 2.45) is 0 Å². The topological polar surface area (TPSA) is 9.23 Å². The molecule has 0 aliphatic rings. The second-order valence-corrected chi connectivity index (χ2v) is 4.46. The van der Waals surface area contributed by atoms with E-state index in [1.165, 1.54) is 5.56 Å². The van der Waals surface area contributed by atoms with Crippen molar-refractivity contribution in [3.63, 3.8) is 0 Å². The van der Waals surface area contributed by atoms with Crippen molar-refractivity contribution in [3.8, 4) is 5.75 Å². The molecule has 2 aromatic rings. The molecule has 0 heterocycles. The molecule has 0 saturated heterocycles. The second kappa shape index (κ2) is 7.51. The number of ether oxygens (including phenoxy) is 1. The number of benzene rings is 2. The Morgan fingerprint density at radius 3 is 2.41 bits per heavy atom. The number of hydrogen-bond acceptors (Lipinski definition) is 1. The van der Waals surface area contributed by atoms with Gasteiger partial charge in [-0.05, 0) is 23.8 Å². The molecule has 0 radical (unpaired) electrons. The maximum absolute atomic E-state index is 5.66. The summed E-state index contributed by atoms with van der Waals surface area (Å²) in [5.41, 5.74) is 1.30. The van der Waals surface area contributed by atoms with Crippen LogP contribution in [0.3, 0.4) is 0 Å². The van der Waals surface area contributed by atoms with Crippen molar-refractivity contribution < 1.29 is 4.74 Å². The predicted molar refractivity (Wildman–Crippen MR) is 80.1 cm³/mol. The van der Waals surface area contributed by atoms with Gasteiger partial charge in [0.2, 0.25) is 0 Å². The van der Waals surface area contributed by atoms with Crippen LogP contribution in [-0.4, -0.2) is 6.61 Å². The molecule has 0 aliphatic carbocycles. The third-order valence-electron chi connectivity index (χ3n) is 2.30. The van der Waals surface area contributed by atoms with Crippen LogP contribution in [0.25, 0.3) is 0 Å². The molecule has 1 nitrogen and oxygen atoms in total. The molecule has 2 rings (SSSR count). The normalized spacial score (nSPS) is 9.47. The summed E-state index contributed by atoms with van der Waals surface area (Å²) in [5.74, 6) is 0.908. The van der Waals surface area contributed by atoms with Crippen molar-refractivity contribution in [1.82, 2.24) is 0 Å². The molecule has 0 spiro atoms. The highest BCUT2D eigenvalue weighted by Crippen LogP contribution is 2.17. The zero-order valence-corrected chi connectivity index (χ0v) is 12.6. The fourth-order valence-corrected chi connectivity index (χ4v) is 1.87. The molecule has 2 aromatic carbocycles. The standard InChI is InChI=1S/C14H13BrO.BrH/c15-13-7-4-8-14(11-13)16-10-9-12-5-2-1-3-6-12;/h1-8,11H,9-10H2;1H. The zero-order valence-electron chi connectivity index (χ0n) is 9.30. The van der Waals surface area contributed by atoms with Crippen molar-refractivity contribution in [2.45, 2.75) is 6.42 Å². The summed E-state index contributed by atoms with van der Waals surface area (Å²) in [5, 5.41) is 0. The first kappa shape index (κ1) is 14.3. The molecule has 0 atom stereocenters. The van der Waals surface area contributed by atoms with Gasteiger partial charge in [-0.25, -0.2) is 0 Å². The first-order chi connectivity index (χ1) is 7.84. The molecule has 0 saturated carbocycles. The van der Waals surface area contributed by atoms with Crippen LogP contribution >= 0.6 is 32.9 Å². The largest absolute Gasteiger partial charge is 0.493 e. The number of rotatable bonds is 4. The summed E-state index contributed by atoms with van der Waals surface area (Å²) in [7, 11) is 0. The van der Waals surface area contributed by atoms with E-state index in [1.54, 1.807) is 0 Å². The van der Waals surface area contributed by atoms with Crippen LogP contribution in [0.1, 0.15) is 5.56 Å². The van der Waals surface area contributed by atoms with E-state index >= 15 is 0 Å². The van der Waals surface area contributed by atoms with Gasteiger partial charge in [0, 0.05) is 10.9 Å². The maximum Gasteiger partial charge on any atom is 0.120 e. The lowest BCUT2D eigenvalue weighted by Gasteiger charge is -2.06. The van der Waals surface area contributed by atoms with Crippen LogP contribution < -0.4 is 4.74 Å². The molecule has 0 amide bonds. The molecule has 0 aliphatic heterocycles. The third kappa shape index (κ3) is 4.92. The van der Waals surface area contributed by atoms with Gasteiger partial charge in [0.05, 0.1) is 6.61 Å². The van der Waals surface area contributed by atoms with Gasteiger partial charge < -0.3 is 4.74 Å². The summed E-state index contributed by atoms with van der Waals surface area (Å²) in [6.45, 7) is 0.709. The van der Waals surface area contributed by atoms with E-state index in [9.17, 15) is 0 Å². The van der Waals surface area contributed by atoms with E-state index in [-0.39, 0.29) is 17.0 Å². The van der Waals surface area contributed by atoms with Crippen LogP contribution in [0.2, 0.25) is 0 Å². The number of hydrogen-bond donors (Lipinski definition) is 0. The highest BCUT2D eigenvalue weighted by Gasteiger charge is 1.95. The molecule has 0 aromatic heterocycles. The molecule has 90 valence electrons. The van der Waals surface area contributed by atoms with Gasteiger partial charge in [0.15, 0.2) is 0 Å². The molecule has 3 heteroatoms. The fraction of sp³-hybridized carbons (Fsp3) is 0.143.